The topological polar surface area (TPSA) is 65.7 Å². The zero-order valence-electron chi connectivity index (χ0n) is 22.5. The third kappa shape index (κ3) is 8.57. The van der Waals surface area contributed by atoms with Crippen LogP contribution in [0.3, 0.4) is 0 Å². The van der Waals surface area contributed by atoms with E-state index in [9.17, 15) is 9.90 Å². The number of rotatable bonds is 9. The maximum absolute atomic E-state index is 11.1. The fraction of sp³-hybridized carbons (Fsp3) is 0.433. The van der Waals surface area contributed by atoms with Crippen LogP contribution in [0.4, 0.5) is 5.69 Å². The van der Waals surface area contributed by atoms with Gasteiger partial charge in [0.25, 0.3) is 0 Å². The molecule has 0 atom stereocenters. The number of benzene rings is 2. The molecule has 0 radical (unpaired) electrons. The van der Waals surface area contributed by atoms with Gasteiger partial charge in [-0.25, -0.2) is 0 Å². The van der Waals surface area contributed by atoms with Crippen molar-refractivity contribution < 1.29 is 48.6 Å². The first-order valence-corrected chi connectivity index (χ1v) is 13.8. The molecule has 1 aliphatic rings. The molecule has 1 aliphatic carbocycles. The zero-order chi connectivity index (χ0) is 25.5. The summed E-state index contributed by atoms with van der Waals surface area (Å²) >= 11 is 1.61. The van der Waals surface area contributed by atoms with E-state index in [2.05, 4.69) is 30.3 Å². The normalized spacial score (nSPS) is 13.6. The van der Waals surface area contributed by atoms with Gasteiger partial charge in [-0.15, -0.1) is 0 Å². The standard InChI is InChI=1S/C30H37NO4S.Na/c1-21(2)19-31(36-29-16-11-22(3)35-29)27-17-25-9-7-5-4-6-8-10-26(25)18-28(27)34-20-23-12-14-24(15-13-23)30(32)33;/h11-18,21H,4-10,19-20H2,1-3H3,(H,32,33);/q;+1/p-1. The number of fused-ring (bicyclic) bond motifs is 1. The Morgan fingerprint density at radius 2 is 1.65 bits per heavy atom. The number of carbonyl (C=O) groups is 1. The van der Waals surface area contributed by atoms with Crippen LogP contribution in [0.15, 0.2) is 58.0 Å². The smallest absolute Gasteiger partial charge is 0.545 e. The third-order valence-corrected chi connectivity index (χ3v) is 7.44. The van der Waals surface area contributed by atoms with Crippen molar-refractivity contribution in [3.63, 3.8) is 0 Å². The molecule has 37 heavy (non-hydrogen) atoms. The van der Waals surface area contributed by atoms with Crippen LogP contribution in [0.5, 0.6) is 5.75 Å². The number of anilines is 1. The molecular weight excluding hydrogens is 493 g/mol. The number of ether oxygens (including phenoxy) is 1. The van der Waals surface area contributed by atoms with E-state index in [1.54, 1.807) is 36.2 Å². The summed E-state index contributed by atoms with van der Waals surface area (Å²) in [4.78, 5) is 11.1. The summed E-state index contributed by atoms with van der Waals surface area (Å²) in [7, 11) is 0. The van der Waals surface area contributed by atoms with Gasteiger partial charge in [-0.05, 0) is 85.0 Å². The Hall–Kier alpha value is -1.86. The molecule has 0 bridgehead atoms. The van der Waals surface area contributed by atoms with E-state index in [1.165, 1.54) is 43.2 Å². The van der Waals surface area contributed by atoms with Crippen LogP contribution in [-0.4, -0.2) is 12.5 Å². The van der Waals surface area contributed by atoms with Crippen LogP contribution in [0.2, 0.25) is 0 Å². The number of nitrogens with zero attached hydrogens (tertiary/aromatic N) is 1. The van der Waals surface area contributed by atoms with Crippen LogP contribution >= 0.6 is 11.9 Å². The predicted molar refractivity (Wildman–Crippen MR) is 144 cm³/mol. The van der Waals surface area contributed by atoms with Crippen molar-refractivity contribution in [1.29, 1.82) is 0 Å². The van der Waals surface area contributed by atoms with Gasteiger partial charge in [-0.3, -0.25) is 0 Å². The van der Waals surface area contributed by atoms with Crippen molar-refractivity contribution in [3.05, 3.63) is 76.5 Å². The van der Waals surface area contributed by atoms with Crippen LogP contribution in [0, 0.1) is 12.8 Å². The van der Waals surface area contributed by atoms with Crippen molar-refractivity contribution in [2.75, 3.05) is 10.8 Å². The second kappa shape index (κ2) is 14.3. The number of furan rings is 1. The Morgan fingerprint density at radius 3 is 2.24 bits per heavy atom. The minimum absolute atomic E-state index is 0. The van der Waals surface area contributed by atoms with Crippen LogP contribution in [0.1, 0.15) is 78.8 Å². The molecule has 3 aromatic rings. The molecule has 2 aromatic carbocycles. The molecule has 0 amide bonds. The Balaban J connectivity index is 0.00000380. The first-order chi connectivity index (χ1) is 17.4. The van der Waals surface area contributed by atoms with Gasteiger partial charge in [0.2, 0.25) is 0 Å². The predicted octanol–water partition coefficient (Wildman–Crippen LogP) is 3.75. The van der Waals surface area contributed by atoms with E-state index in [1.807, 2.05) is 19.1 Å². The summed E-state index contributed by atoms with van der Waals surface area (Å²) in [5.41, 5.74) is 4.95. The zero-order valence-corrected chi connectivity index (χ0v) is 25.4. The maximum atomic E-state index is 11.1. The van der Waals surface area contributed by atoms with Gasteiger partial charge in [-0.2, -0.15) is 0 Å². The van der Waals surface area contributed by atoms with Gasteiger partial charge in [0.1, 0.15) is 18.1 Å². The van der Waals surface area contributed by atoms with E-state index in [4.69, 9.17) is 9.15 Å². The van der Waals surface area contributed by atoms with E-state index in [0.717, 1.165) is 47.2 Å². The number of aryl methyl sites for hydroxylation is 3. The molecule has 0 unspecified atom stereocenters. The molecule has 4 rings (SSSR count). The fourth-order valence-corrected chi connectivity index (χ4v) is 5.70. The van der Waals surface area contributed by atoms with Crippen molar-refractivity contribution in [1.82, 2.24) is 0 Å². The third-order valence-electron chi connectivity index (χ3n) is 6.47. The fourth-order valence-electron chi connectivity index (χ4n) is 4.58. The Kier molecular flexibility index (Phi) is 11.5. The monoisotopic (exact) mass is 529 g/mol. The minimum atomic E-state index is -1.17. The number of carboxylic acid groups (broad SMARTS) is 1. The van der Waals surface area contributed by atoms with E-state index in [0.29, 0.717) is 12.5 Å². The molecule has 0 N–H and O–H groups in total. The minimum Gasteiger partial charge on any atom is -0.545 e. The number of carbonyl (C=O) groups excluding carboxylic acids is 1. The van der Waals surface area contributed by atoms with E-state index < -0.39 is 5.97 Å². The molecule has 0 spiro atoms. The first-order valence-electron chi connectivity index (χ1n) is 13.0. The van der Waals surface area contributed by atoms with E-state index in [-0.39, 0.29) is 35.1 Å². The van der Waals surface area contributed by atoms with Crippen molar-refractivity contribution >= 4 is 23.6 Å². The van der Waals surface area contributed by atoms with Crippen molar-refractivity contribution in [2.45, 2.75) is 77.4 Å². The number of carboxylic acids is 1. The van der Waals surface area contributed by atoms with Crippen molar-refractivity contribution in [2.24, 2.45) is 5.92 Å². The molecule has 5 nitrogen and oxygen atoms in total. The second-order valence-corrected chi connectivity index (χ2v) is 11.1. The molecule has 0 fully saturated rings. The molecule has 7 heteroatoms. The summed E-state index contributed by atoms with van der Waals surface area (Å²) in [5.74, 6) is 1.03. The summed E-state index contributed by atoms with van der Waals surface area (Å²) in [6, 6.07) is 15.3. The van der Waals surface area contributed by atoms with Gasteiger partial charge >= 0.3 is 29.6 Å². The Morgan fingerprint density at radius 1 is 1.00 bits per heavy atom. The van der Waals surface area contributed by atoms with Gasteiger partial charge in [0.05, 0.1) is 11.7 Å². The van der Waals surface area contributed by atoms with Crippen LogP contribution in [-0.2, 0) is 19.4 Å². The summed E-state index contributed by atoms with van der Waals surface area (Å²) < 4.78 is 14.7. The summed E-state index contributed by atoms with van der Waals surface area (Å²) in [6.07, 6.45) is 8.44. The molecule has 0 aliphatic heterocycles. The summed E-state index contributed by atoms with van der Waals surface area (Å²) in [6.45, 7) is 7.61. The Bertz CT molecular complexity index is 1160. The van der Waals surface area contributed by atoms with Gasteiger partial charge < -0.3 is 23.4 Å². The SMILES string of the molecule is Cc1ccc(SN(CC(C)C)c2cc3c(cc2OCc2ccc(C(=O)[O-])cc2)CCCCCCC3)o1.[Na+]. The van der Waals surface area contributed by atoms with E-state index >= 15 is 0 Å². The van der Waals surface area contributed by atoms with Gasteiger partial charge in [-0.1, -0.05) is 57.4 Å². The Labute approximate surface area is 247 Å². The quantitative estimate of drug-likeness (QED) is 0.311. The van der Waals surface area contributed by atoms with Crippen molar-refractivity contribution in [3.8, 4) is 5.75 Å². The van der Waals surface area contributed by atoms with Crippen LogP contribution < -0.4 is 43.7 Å². The number of hydrogen-bond donors (Lipinski definition) is 0. The molecule has 0 saturated heterocycles. The molecule has 1 heterocycles. The largest absolute Gasteiger partial charge is 1.00 e. The van der Waals surface area contributed by atoms with Gasteiger partial charge in [0.15, 0.2) is 5.09 Å². The van der Waals surface area contributed by atoms with Gasteiger partial charge in [0, 0.05) is 18.5 Å². The average molecular weight is 530 g/mol. The summed E-state index contributed by atoms with van der Waals surface area (Å²) in [5, 5.41) is 12.0. The average Bonchev–Trinajstić information content (AvgIpc) is 3.30. The molecule has 0 saturated carbocycles. The number of aromatic carboxylic acids is 1. The van der Waals surface area contributed by atoms with Crippen LogP contribution in [0.25, 0.3) is 0 Å². The molecular formula is C30H36NNaO4S. The molecule has 1 aromatic heterocycles. The maximum Gasteiger partial charge on any atom is 1.00 e. The number of hydrogen-bond acceptors (Lipinski definition) is 6. The first kappa shape index (κ1) is 29.7. The molecule has 192 valence electrons. The second-order valence-electron chi connectivity index (χ2n) is 10.0.